The molecule has 45 heavy (non-hydrogen) atoms. The summed E-state index contributed by atoms with van der Waals surface area (Å²) in [6.45, 7) is 8.92. The summed E-state index contributed by atoms with van der Waals surface area (Å²) in [5.74, 6) is 0.420. The fraction of sp³-hybridized carbons (Fsp3) is 0.562. The minimum absolute atomic E-state index is 0.0106. The summed E-state index contributed by atoms with van der Waals surface area (Å²) < 4.78 is 48.6. The number of benzene rings is 1. The summed E-state index contributed by atoms with van der Waals surface area (Å²) in [5, 5.41) is 9.15. The van der Waals surface area contributed by atoms with Crippen LogP contribution in [-0.4, -0.2) is 84.1 Å². The van der Waals surface area contributed by atoms with Gasteiger partial charge >= 0.3 is 12.2 Å². The van der Waals surface area contributed by atoms with E-state index in [-0.39, 0.29) is 47.1 Å². The number of amides is 1. The van der Waals surface area contributed by atoms with Gasteiger partial charge in [-0.25, -0.2) is 0 Å². The van der Waals surface area contributed by atoms with Gasteiger partial charge in [-0.3, -0.25) is 4.79 Å². The molecule has 0 radical (unpaired) electrons. The van der Waals surface area contributed by atoms with Gasteiger partial charge in [0.25, 0.3) is 0 Å². The van der Waals surface area contributed by atoms with Crippen molar-refractivity contribution in [3.05, 3.63) is 52.7 Å². The number of nitriles is 1. The molecule has 1 saturated carbocycles. The summed E-state index contributed by atoms with van der Waals surface area (Å²) in [6.07, 6.45) is 1.76. The smallest absolute Gasteiger partial charge is 0.419 e. The van der Waals surface area contributed by atoms with Crippen LogP contribution in [0.5, 0.6) is 6.01 Å². The predicted molar refractivity (Wildman–Crippen MR) is 164 cm³/mol. The molecule has 0 N–H and O–H groups in total. The summed E-state index contributed by atoms with van der Waals surface area (Å²) in [5.41, 5.74) is 0.649. The number of hydrogen-bond acceptors (Lipinski definition) is 8. The van der Waals surface area contributed by atoms with Crippen LogP contribution in [0.3, 0.4) is 0 Å². The number of alkyl halides is 3. The Hall–Kier alpha value is -3.56. The molecular formula is C32H37ClF3N7O2. The van der Waals surface area contributed by atoms with Gasteiger partial charge in [-0.2, -0.15) is 28.4 Å². The molecule has 1 amide bonds. The van der Waals surface area contributed by atoms with E-state index < -0.39 is 11.7 Å². The van der Waals surface area contributed by atoms with Gasteiger partial charge in [0.1, 0.15) is 5.82 Å². The average molecular weight is 644 g/mol. The largest absolute Gasteiger partial charge is 0.463 e. The number of ether oxygens (including phenoxy) is 1. The van der Waals surface area contributed by atoms with Crippen molar-refractivity contribution >= 4 is 29.0 Å². The van der Waals surface area contributed by atoms with Crippen molar-refractivity contribution < 1.29 is 22.7 Å². The first-order valence-corrected chi connectivity index (χ1v) is 15.9. The molecule has 0 unspecified atom stereocenters. The van der Waals surface area contributed by atoms with E-state index >= 15 is 0 Å². The van der Waals surface area contributed by atoms with Crippen LogP contribution in [0.25, 0.3) is 0 Å². The zero-order chi connectivity index (χ0) is 31.8. The first-order chi connectivity index (χ1) is 21.6. The lowest BCUT2D eigenvalue weighted by Crippen LogP contribution is -2.55. The second-order valence-corrected chi connectivity index (χ2v) is 12.9. The van der Waals surface area contributed by atoms with Crippen LogP contribution in [0.1, 0.15) is 48.9 Å². The van der Waals surface area contributed by atoms with Crippen LogP contribution in [0.4, 0.5) is 24.7 Å². The van der Waals surface area contributed by atoms with E-state index in [9.17, 15) is 23.2 Å². The van der Waals surface area contributed by atoms with Gasteiger partial charge in [-0.1, -0.05) is 24.2 Å². The van der Waals surface area contributed by atoms with E-state index in [0.717, 1.165) is 38.0 Å². The number of fused-ring (bicyclic) bond motifs is 1. The normalized spacial score (nSPS) is 21.3. The second-order valence-electron chi connectivity index (χ2n) is 12.5. The van der Waals surface area contributed by atoms with Crippen LogP contribution < -0.4 is 14.5 Å². The SMILES string of the molecule is C=CC(=O)N1CCN(c2nc(OCC3(CN4CCCC4)CC3)nc3c2CCN(c2cccc(Cl)c2C(F)(F)F)C3)C[C@@H]1CC#N. The quantitative estimate of drug-likeness (QED) is 0.350. The molecule has 4 aliphatic rings. The molecule has 2 aromatic rings. The van der Waals surface area contributed by atoms with Crippen molar-refractivity contribution in [3.63, 3.8) is 0 Å². The van der Waals surface area contributed by atoms with Gasteiger partial charge in [-0.05, 0) is 63.4 Å². The highest BCUT2D eigenvalue weighted by atomic mass is 35.5. The molecule has 1 aliphatic carbocycles. The van der Waals surface area contributed by atoms with Gasteiger partial charge in [0.2, 0.25) is 5.91 Å². The Balaban J connectivity index is 1.31. The van der Waals surface area contributed by atoms with Gasteiger partial charge in [0.15, 0.2) is 0 Å². The summed E-state index contributed by atoms with van der Waals surface area (Å²) in [6, 6.07) is 6.24. The van der Waals surface area contributed by atoms with E-state index in [2.05, 4.69) is 22.4 Å². The first-order valence-electron chi connectivity index (χ1n) is 15.5. The van der Waals surface area contributed by atoms with Crippen molar-refractivity contribution in [2.24, 2.45) is 5.41 Å². The summed E-state index contributed by atoms with van der Waals surface area (Å²) in [7, 11) is 0. The highest BCUT2D eigenvalue weighted by Crippen LogP contribution is 2.47. The van der Waals surface area contributed by atoms with Crippen LogP contribution in [0.15, 0.2) is 30.9 Å². The maximum atomic E-state index is 14.1. The van der Waals surface area contributed by atoms with Crippen molar-refractivity contribution in [1.82, 2.24) is 19.8 Å². The third kappa shape index (κ3) is 6.70. The Morgan fingerprint density at radius 1 is 1.16 bits per heavy atom. The Morgan fingerprint density at radius 2 is 1.93 bits per heavy atom. The number of aromatic nitrogens is 2. The van der Waals surface area contributed by atoms with Crippen molar-refractivity contribution in [2.45, 2.75) is 57.3 Å². The first kappa shape index (κ1) is 31.4. The summed E-state index contributed by atoms with van der Waals surface area (Å²) >= 11 is 6.06. The lowest BCUT2D eigenvalue weighted by atomic mass is 10.0. The molecule has 1 aromatic carbocycles. The van der Waals surface area contributed by atoms with E-state index in [4.69, 9.17) is 26.3 Å². The maximum Gasteiger partial charge on any atom is 0.419 e. The Bertz CT molecular complexity index is 1490. The van der Waals surface area contributed by atoms with Gasteiger partial charge in [0.05, 0.1) is 53.7 Å². The Labute approximate surface area is 266 Å². The molecular weight excluding hydrogens is 607 g/mol. The maximum absolute atomic E-state index is 14.1. The van der Waals surface area contributed by atoms with Crippen LogP contribution >= 0.6 is 11.6 Å². The number of carbonyl (C=O) groups excluding carboxylic acids is 1. The molecule has 3 aliphatic heterocycles. The van der Waals surface area contributed by atoms with Gasteiger partial charge in [-0.15, -0.1) is 0 Å². The number of piperazine rings is 1. The van der Waals surface area contributed by atoms with E-state index in [0.29, 0.717) is 50.7 Å². The highest BCUT2D eigenvalue weighted by Gasteiger charge is 2.45. The van der Waals surface area contributed by atoms with Crippen molar-refractivity contribution in [2.75, 3.05) is 62.2 Å². The molecule has 2 saturated heterocycles. The minimum Gasteiger partial charge on any atom is -0.463 e. The molecule has 0 bridgehead atoms. The van der Waals surface area contributed by atoms with Gasteiger partial charge in [0, 0.05) is 43.7 Å². The van der Waals surface area contributed by atoms with E-state index in [1.54, 1.807) is 9.80 Å². The zero-order valence-electron chi connectivity index (χ0n) is 25.2. The molecule has 6 rings (SSSR count). The number of hydrogen-bond donors (Lipinski definition) is 0. The highest BCUT2D eigenvalue weighted by molar-refractivity contribution is 6.31. The van der Waals surface area contributed by atoms with Crippen molar-refractivity contribution in [3.8, 4) is 12.1 Å². The lowest BCUT2D eigenvalue weighted by Gasteiger charge is -2.42. The number of likely N-dealkylation sites (tertiary alicyclic amines) is 1. The van der Waals surface area contributed by atoms with Gasteiger partial charge < -0.3 is 24.3 Å². The average Bonchev–Trinajstić information content (AvgIpc) is 3.59. The minimum atomic E-state index is -4.62. The molecule has 0 spiro atoms. The molecule has 4 heterocycles. The Morgan fingerprint density at radius 3 is 2.62 bits per heavy atom. The number of nitrogens with zero attached hydrogens (tertiary/aromatic N) is 7. The fourth-order valence-corrected chi connectivity index (χ4v) is 7.15. The second kappa shape index (κ2) is 12.7. The summed E-state index contributed by atoms with van der Waals surface area (Å²) in [4.78, 5) is 30.0. The van der Waals surface area contributed by atoms with Crippen LogP contribution in [-0.2, 0) is 23.9 Å². The van der Waals surface area contributed by atoms with Crippen molar-refractivity contribution in [1.29, 1.82) is 5.26 Å². The topological polar surface area (TPSA) is 88.8 Å². The van der Waals surface area contributed by atoms with E-state index in [1.165, 1.54) is 37.1 Å². The number of halogens is 4. The molecule has 13 heteroatoms. The Kier molecular flexibility index (Phi) is 8.85. The molecule has 3 fully saturated rings. The monoisotopic (exact) mass is 643 g/mol. The third-order valence-corrected chi connectivity index (χ3v) is 9.74. The zero-order valence-corrected chi connectivity index (χ0v) is 25.9. The van der Waals surface area contributed by atoms with E-state index in [1.807, 2.05) is 0 Å². The molecule has 1 aromatic heterocycles. The standard InChI is InChI=1S/C32H37ClF3N7O2/c1-2-27(44)43-17-16-42(18-22(43)8-12-37)29-23-9-15-41(26-7-5-6-24(33)28(26)32(34,35)36)19-25(23)38-30(39-29)45-21-31(10-11-31)20-40-13-3-4-14-40/h2,5-7,22H,1,3-4,8-11,13-21H2/t22-/m0/s1. The van der Waals surface area contributed by atoms with Crippen LogP contribution in [0, 0.1) is 16.7 Å². The lowest BCUT2D eigenvalue weighted by molar-refractivity contribution is -0.137. The number of anilines is 2. The number of carbonyl (C=O) groups is 1. The molecule has 240 valence electrons. The third-order valence-electron chi connectivity index (χ3n) is 9.43. The number of rotatable bonds is 9. The van der Waals surface area contributed by atoms with Crippen LogP contribution in [0.2, 0.25) is 5.02 Å². The fourth-order valence-electron chi connectivity index (χ4n) is 6.87. The molecule has 1 atom stereocenters. The predicted octanol–water partition coefficient (Wildman–Crippen LogP) is 5.08. The molecule has 9 nitrogen and oxygen atoms in total.